The van der Waals surface area contributed by atoms with E-state index in [1.54, 1.807) is 30.2 Å². The summed E-state index contributed by atoms with van der Waals surface area (Å²) in [5.41, 5.74) is 2.79. The standard InChI is InChI=1S/C20H15F2NO2S/c21-20(22)25-14-9-7-13(8-10-14)19-12-16(17-5-3-11-24-17)23-15-4-1-2-6-18(15)26-19/h1-11,19-20H,12H2. The number of para-hydroxylation sites is 1. The quantitative estimate of drug-likeness (QED) is 0.544. The maximum absolute atomic E-state index is 12.4. The highest BCUT2D eigenvalue weighted by molar-refractivity contribution is 7.99. The van der Waals surface area contributed by atoms with E-state index in [4.69, 9.17) is 9.41 Å². The fourth-order valence-electron chi connectivity index (χ4n) is 2.86. The van der Waals surface area contributed by atoms with Gasteiger partial charge in [0.2, 0.25) is 0 Å². The number of halogens is 2. The first-order chi connectivity index (χ1) is 12.7. The molecular weight excluding hydrogens is 356 g/mol. The zero-order chi connectivity index (χ0) is 17.9. The lowest BCUT2D eigenvalue weighted by Gasteiger charge is -2.16. The van der Waals surface area contributed by atoms with Crippen LogP contribution in [-0.2, 0) is 0 Å². The molecule has 0 amide bonds. The maximum Gasteiger partial charge on any atom is 0.387 e. The molecule has 132 valence electrons. The van der Waals surface area contributed by atoms with Crippen molar-refractivity contribution in [3.63, 3.8) is 0 Å². The number of benzene rings is 2. The summed E-state index contributed by atoms with van der Waals surface area (Å²) >= 11 is 1.71. The molecule has 0 radical (unpaired) electrons. The third-order valence-electron chi connectivity index (χ3n) is 4.05. The largest absolute Gasteiger partial charge is 0.463 e. The summed E-state index contributed by atoms with van der Waals surface area (Å²) in [7, 11) is 0. The van der Waals surface area contributed by atoms with E-state index in [0.29, 0.717) is 6.42 Å². The zero-order valence-corrected chi connectivity index (χ0v) is 14.5. The van der Waals surface area contributed by atoms with E-state index in [-0.39, 0.29) is 11.0 Å². The van der Waals surface area contributed by atoms with E-state index in [2.05, 4.69) is 4.74 Å². The minimum absolute atomic E-state index is 0.0862. The lowest BCUT2D eigenvalue weighted by atomic mass is 10.0. The van der Waals surface area contributed by atoms with Crippen LogP contribution >= 0.6 is 11.8 Å². The Morgan fingerprint density at radius 3 is 2.58 bits per heavy atom. The number of aliphatic imine (C=N–C) groups is 1. The molecule has 6 heteroatoms. The van der Waals surface area contributed by atoms with Gasteiger partial charge in [-0.1, -0.05) is 24.3 Å². The number of nitrogens with zero attached hydrogens (tertiary/aromatic N) is 1. The van der Waals surface area contributed by atoms with Crippen LogP contribution in [0.25, 0.3) is 0 Å². The summed E-state index contributed by atoms with van der Waals surface area (Å²) in [6, 6.07) is 18.5. The van der Waals surface area contributed by atoms with E-state index in [9.17, 15) is 8.78 Å². The zero-order valence-electron chi connectivity index (χ0n) is 13.6. The molecule has 0 N–H and O–H groups in total. The summed E-state index contributed by atoms with van der Waals surface area (Å²) < 4.78 is 34.7. The topological polar surface area (TPSA) is 34.7 Å². The Balaban J connectivity index is 1.68. The van der Waals surface area contributed by atoms with Gasteiger partial charge in [-0.25, -0.2) is 4.99 Å². The van der Waals surface area contributed by atoms with Crippen LogP contribution in [0.1, 0.15) is 23.0 Å². The Morgan fingerprint density at radius 1 is 1.04 bits per heavy atom. The molecule has 0 bridgehead atoms. The number of thioether (sulfide) groups is 1. The van der Waals surface area contributed by atoms with Crippen molar-refractivity contribution in [2.75, 3.05) is 0 Å². The average Bonchev–Trinajstić information content (AvgIpc) is 3.09. The highest BCUT2D eigenvalue weighted by atomic mass is 32.2. The highest BCUT2D eigenvalue weighted by Gasteiger charge is 2.23. The van der Waals surface area contributed by atoms with Crippen LogP contribution in [0, 0.1) is 0 Å². The molecule has 0 aliphatic carbocycles. The minimum Gasteiger partial charge on any atom is -0.463 e. The Kier molecular flexibility index (Phi) is 4.75. The van der Waals surface area contributed by atoms with Crippen LogP contribution < -0.4 is 4.74 Å². The Labute approximate surface area is 153 Å². The normalized spacial score (nSPS) is 16.7. The van der Waals surface area contributed by atoms with E-state index in [1.165, 1.54) is 0 Å². The molecule has 26 heavy (non-hydrogen) atoms. The second kappa shape index (κ2) is 7.33. The number of hydrogen-bond acceptors (Lipinski definition) is 4. The van der Waals surface area contributed by atoms with Crippen LogP contribution in [0.5, 0.6) is 5.75 Å². The van der Waals surface area contributed by atoms with Gasteiger partial charge in [0.25, 0.3) is 0 Å². The first-order valence-corrected chi connectivity index (χ1v) is 8.99. The fourth-order valence-corrected chi connectivity index (χ4v) is 4.09. The predicted octanol–water partition coefficient (Wildman–Crippen LogP) is 6.24. The minimum atomic E-state index is -2.82. The summed E-state index contributed by atoms with van der Waals surface area (Å²) in [5.74, 6) is 0.896. The molecule has 4 rings (SSSR count). The van der Waals surface area contributed by atoms with Gasteiger partial charge < -0.3 is 9.15 Å². The molecule has 1 atom stereocenters. The molecule has 1 aromatic heterocycles. The molecule has 0 fully saturated rings. The Bertz CT molecular complexity index is 908. The Morgan fingerprint density at radius 2 is 1.85 bits per heavy atom. The second-order valence-electron chi connectivity index (χ2n) is 5.76. The van der Waals surface area contributed by atoms with Gasteiger partial charge in [-0.3, -0.25) is 0 Å². The highest BCUT2D eigenvalue weighted by Crippen LogP contribution is 2.45. The van der Waals surface area contributed by atoms with E-state index in [0.717, 1.165) is 27.6 Å². The number of furan rings is 1. The monoisotopic (exact) mass is 371 g/mol. The van der Waals surface area contributed by atoms with E-state index in [1.807, 2.05) is 48.5 Å². The molecule has 1 aliphatic heterocycles. The third-order valence-corrected chi connectivity index (χ3v) is 5.37. The van der Waals surface area contributed by atoms with Crippen molar-refractivity contribution in [3.05, 3.63) is 78.3 Å². The second-order valence-corrected chi connectivity index (χ2v) is 7.01. The van der Waals surface area contributed by atoms with Crippen molar-refractivity contribution >= 4 is 23.2 Å². The number of rotatable bonds is 4. The van der Waals surface area contributed by atoms with Crippen molar-refractivity contribution in [2.24, 2.45) is 4.99 Å². The van der Waals surface area contributed by atoms with Crippen LogP contribution in [0.2, 0.25) is 0 Å². The summed E-state index contributed by atoms with van der Waals surface area (Å²) in [6.45, 7) is -2.82. The first kappa shape index (κ1) is 16.8. The van der Waals surface area contributed by atoms with E-state index >= 15 is 0 Å². The molecule has 1 aliphatic rings. The van der Waals surface area contributed by atoms with Gasteiger partial charge in [-0.15, -0.1) is 11.8 Å². The smallest absolute Gasteiger partial charge is 0.387 e. The van der Waals surface area contributed by atoms with Crippen LogP contribution in [0.3, 0.4) is 0 Å². The number of ether oxygens (including phenoxy) is 1. The van der Waals surface area contributed by atoms with Crippen molar-refractivity contribution in [1.29, 1.82) is 0 Å². The van der Waals surface area contributed by atoms with Crippen LogP contribution in [0.15, 0.2) is 81.2 Å². The molecule has 3 nitrogen and oxygen atoms in total. The van der Waals surface area contributed by atoms with Gasteiger partial charge in [0, 0.05) is 16.6 Å². The molecule has 3 aromatic rings. The van der Waals surface area contributed by atoms with Gasteiger partial charge in [0.1, 0.15) is 11.5 Å². The van der Waals surface area contributed by atoms with Crippen molar-refractivity contribution in [1.82, 2.24) is 0 Å². The average molecular weight is 371 g/mol. The molecule has 0 saturated heterocycles. The van der Waals surface area contributed by atoms with Gasteiger partial charge in [0.05, 0.1) is 17.7 Å². The summed E-state index contributed by atoms with van der Waals surface area (Å²) in [6.07, 6.45) is 2.30. The molecule has 2 aromatic carbocycles. The van der Waals surface area contributed by atoms with Gasteiger partial charge in [0.15, 0.2) is 0 Å². The first-order valence-electron chi connectivity index (χ1n) is 8.11. The van der Waals surface area contributed by atoms with Crippen LogP contribution in [-0.4, -0.2) is 12.3 Å². The number of hydrogen-bond donors (Lipinski definition) is 0. The van der Waals surface area contributed by atoms with Gasteiger partial charge in [-0.2, -0.15) is 8.78 Å². The predicted molar refractivity (Wildman–Crippen MR) is 97.6 cm³/mol. The fraction of sp³-hybridized carbons (Fsp3) is 0.150. The summed E-state index contributed by atoms with van der Waals surface area (Å²) in [4.78, 5) is 5.87. The molecule has 1 unspecified atom stereocenters. The number of fused-ring (bicyclic) bond motifs is 1. The molecular formula is C20H15F2NO2S. The van der Waals surface area contributed by atoms with E-state index < -0.39 is 6.61 Å². The van der Waals surface area contributed by atoms with Gasteiger partial charge in [-0.05, 0) is 42.0 Å². The van der Waals surface area contributed by atoms with Crippen LogP contribution in [0.4, 0.5) is 14.5 Å². The molecule has 2 heterocycles. The van der Waals surface area contributed by atoms with Crippen molar-refractivity contribution in [3.8, 4) is 5.75 Å². The number of alkyl halides is 2. The SMILES string of the molecule is FC(F)Oc1ccc(C2CC(c3ccco3)=Nc3ccccc3S2)cc1. The lowest BCUT2D eigenvalue weighted by Crippen LogP contribution is -2.05. The lowest BCUT2D eigenvalue weighted by molar-refractivity contribution is -0.0498. The molecule has 0 spiro atoms. The Hall–Kier alpha value is -2.60. The third kappa shape index (κ3) is 3.65. The maximum atomic E-state index is 12.4. The van der Waals surface area contributed by atoms with Gasteiger partial charge >= 0.3 is 6.61 Å². The summed E-state index contributed by atoms with van der Waals surface area (Å²) in [5, 5.41) is 0.0862. The van der Waals surface area contributed by atoms with Crippen molar-refractivity contribution in [2.45, 2.75) is 23.2 Å². The molecule has 0 saturated carbocycles. The van der Waals surface area contributed by atoms with Crippen molar-refractivity contribution < 1.29 is 17.9 Å².